The third kappa shape index (κ3) is 3.34. The van der Waals surface area contributed by atoms with Gasteiger partial charge in [-0.25, -0.2) is 0 Å². The Bertz CT molecular complexity index is 589. The van der Waals surface area contributed by atoms with Crippen LogP contribution in [0.5, 0.6) is 0 Å². The molecule has 5 heteroatoms. The van der Waals surface area contributed by atoms with Crippen molar-refractivity contribution in [3.63, 3.8) is 0 Å². The van der Waals surface area contributed by atoms with Gasteiger partial charge in [0.2, 0.25) is 11.8 Å². The van der Waals surface area contributed by atoms with Crippen LogP contribution in [0.2, 0.25) is 0 Å². The molecule has 0 fully saturated rings. The number of hydrogen-bond acceptors (Lipinski definition) is 2. The Balaban J connectivity index is 1.88. The minimum atomic E-state index is -0.194. The van der Waals surface area contributed by atoms with Crippen molar-refractivity contribution in [2.75, 3.05) is 13.6 Å². The second kappa shape index (κ2) is 6.04. The van der Waals surface area contributed by atoms with E-state index in [2.05, 4.69) is 15.6 Å². The number of carbonyl (C=O) groups excluding carboxylic acids is 2. The van der Waals surface area contributed by atoms with E-state index in [0.29, 0.717) is 12.8 Å². The van der Waals surface area contributed by atoms with E-state index >= 15 is 0 Å². The summed E-state index contributed by atoms with van der Waals surface area (Å²) in [4.78, 5) is 25.8. The topological polar surface area (TPSA) is 74.0 Å². The number of likely N-dealkylation sites (N-methyl/N-ethyl adjacent to an activating group) is 1. The Morgan fingerprint density at radius 2 is 2.00 bits per heavy atom. The molecule has 2 amide bonds. The lowest BCUT2D eigenvalue weighted by Gasteiger charge is -2.03. The van der Waals surface area contributed by atoms with Crippen LogP contribution in [0.3, 0.4) is 0 Å². The van der Waals surface area contributed by atoms with Gasteiger partial charge in [-0.05, 0) is 18.1 Å². The van der Waals surface area contributed by atoms with Crippen molar-refractivity contribution in [1.29, 1.82) is 0 Å². The minimum absolute atomic E-state index is 0.0310. The van der Waals surface area contributed by atoms with Crippen molar-refractivity contribution in [3.8, 4) is 0 Å². The first-order valence-electron chi connectivity index (χ1n) is 6.23. The van der Waals surface area contributed by atoms with Crippen LogP contribution < -0.4 is 10.6 Å². The smallest absolute Gasteiger partial charge is 0.239 e. The summed E-state index contributed by atoms with van der Waals surface area (Å²) in [5, 5.41) is 6.18. The number of aryl methyl sites for hydroxylation is 1. The number of nitrogens with one attached hydrogen (secondary N) is 3. The minimum Gasteiger partial charge on any atom is -0.361 e. The van der Waals surface area contributed by atoms with E-state index < -0.39 is 0 Å². The zero-order valence-electron chi connectivity index (χ0n) is 10.8. The summed E-state index contributed by atoms with van der Waals surface area (Å²) in [6.07, 6.45) is 2.96. The van der Waals surface area contributed by atoms with Crippen molar-refractivity contribution in [3.05, 3.63) is 36.0 Å². The maximum Gasteiger partial charge on any atom is 0.239 e. The van der Waals surface area contributed by atoms with Gasteiger partial charge < -0.3 is 15.6 Å². The van der Waals surface area contributed by atoms with Crippen molar-refractivity contribution in [2.24, 2.45) is 0 Å². The molecule has 0 atom stereocenters. The molecule has 0 bridgehead atoms. The molecule has 1 aromatic heterocycles. The number of aromatic nitrogens is 1. The second-order valence-electron chi connectivity index (χ2n) is 4.31. The highest BCUT2D eigenvalue weighted by molar-refractivity contribution is 5.86. The van der Waals surface area contributed by atoms with Crippen molar-refractivity contribution >= 4 is 22.7 Å². The van der Waals surface area contributed by atoms with Crippen LogP contribution in [0, 0.1) is 0 Å². The highest BCUT2D eigenvalue weighted by Gasteiger charge is 2.07. The largest absolute Gasteiger partial charge is 0.361 e. The predicted molar refractivity (Wildman–Crippen MR) is 73.7 cm³/mol. The molecule has 0 aliphatic heterocycles. The van der Waals surface area contributed by atoms with Gasteiger partial charge in [-0.2, -0.15) is 0 Å². The number of carbonyl (C=O) groups is 2. The number of aromatic amines is 1. The van der Waals surface area contributed by atoms with Crippen molar-refractivity contribution in [2.45, 2.75) is 12.8 Å². The first-order valence-corrected chi connectivity index (χ1v) is 6.23. The molecule has 1 heterocycles. The molecule has 0 saturated heterocycles. The number of benzene rings is 1. The maximum absolute atomic E-state index is 11.6. The average molecular weight is 259 g/mol. The fraction of sp³-hybridized carbons (Fsp3) is 0.286. The van der Waals surface area contributed by atoms with Crippen LogP contribution in [0.4, 0.5) is 0 Å². The fourth-order valence-electron chi connectivity index (χ4n) is 1.94. The van der Waals surface area contributed by atoms with Gasteiger partial charge in [0, 0.05) is 30.6 Å². The van der Waals surface area contributed by atoms with Crippen LogP contribution in [-0.4, -0.2) is 30.4 Å². The summed E-state index contributed by atoms with van der Waals surface area (Å²) in [6.45, 7) is 0.0310. The van der Waals surface area contributed by atoms with E-state index in [1.165, 1.54) is 0 Å². The molecule has 5 nitrogen and oxygen atoms in total. The lowest BCUT2D eigenvalue weighted by atomic mass is 10.1. The van der Waals surface area contributed by atoms with E-state index in [4.69, 9.17) is 0 Å². The van der Waals surface area contributed by atoms with Gasteiger partial charge in [-0.1, -0.05) is 18.2 Å². The third-order valence-corrected chi connectivity index (χ3v) is 3.02. The maximum atomic E-state index is 11.6. The number of hydrogen-bond donors (Lipinski definition) is 3. The molecule has 0 unspecified atom stereocenters. The number of fused-ring (bicyclic) bond motifs is 1. The number of rotatable bonds is 5. The Morgan fingerprint density at radius 3 is 2.79 bits per heavy atom. The third-order valence-electron chi connectivity index (χ3n) is 3.02. The van der Waals surface area contributed by atoms with Crippen LogP contribution in [0.1, 0.15) is 12.0 Å². The molecule has 100 valence electrons. The van der Waals surface area contributed by atoms with Crippen molar-refractivity contribution < 1.29 is 9.59 Å². The van der Waals surface area contributed by atoms with Crippen LogP contribution >= 0.6 is 0 Å². The van der Waals surface area contributed by atoms with Crippen molar-refractivity contribution in [1.82, 2.24) is 15.6 Å². The Kier molecular flexibility index (Phi) is 4.18. The molecule has 2 rings (SSSR count). The average Bonchev–Trinajstić information content (AvgIpc) is 2.85. The highest BCUT2D eigenvalue weighted by atomic mass is 16.2. The Morgan fingerprint density at radius 1 is 1.21 bits per heavy atom. The quantitative estimate of drug-likeness (QED) is 0.748. The first-order chi connectivity index (χ1) is 9.20. The molecule has 0 radical (unpaired) electrons. The fourth-order valence-corrected chi connectivity index (χ4v) is 1.94. The van der Waals surface area contributed by atoms with Crippen LogP contribution in [0.25, 0.3) is 10.9 Å². The molecule has 0 aliphatic carbocycles. The summed E-state index contributed by atoms with van der Waals surface area (Å²) < 4.78 is 0. The molecular weight excluding hydrogens is 242 g/mol. The zero-order valence-corrected chi connectivity index (χ0v) is 10.8. The van der Waals surface area contributed by atoms with Gasteiger partial charge in [-0.15, -0.1) is 0 Å². The van der Waals surface area contributed by atoms with E-state index in [-0.39, 0.29) is 18.4 Å². The van der Waals surface area contributed by atoms with Crippen LogP contribution in [-0.2, 0) is 16.0 Å². The van der Waals surface area contributed by atoms with Gasteiger partial charge in [0.25, 0.3) is 0 Å². The molecular formula is C14H17N3O2. The monoisotopic (exact) mass is 259 g/mol. The summed E-state index contributed by atoms with van der Waals surface area (Å²) in [5.41, 5.74) is 2.19. The summed E-state index contributed by atoms with van der Waals surface area (Å²) in [5.74, 6) is -0.311. The van der Waals surface area contributed by atoms with E-state index in [9.17, 15) is 9.59 Å². The standard InChI is InChI=1S/C14H17N3O2/c1-15-14(19)9-17-13(18)7-6-10-8-16-12-5-3-2-4-11(10)12/h2-5,8,16H,6-7,9H2,1H3,(H,15,19)(H,17,18). The van der Waals surface area contributed by atoms with Gasteiger partial charge in [0.05, 0.1) is 6.54 Å². The molecule has 3 N–H and O–H groups in total. The normalized spacial score (nSPS) is 10.4. The lowest BCUT2D eigenvalue weighted by molar-refractivity contribution is -0.125. The number of para-hydroxylation sites is 1. The zero-order chi connectivity index (χ0) is 13.7. The Hall–Kier alpha value is -2.30. The highest BCUT2D eigenvalue weighted by Crippen LogP contribution is 2.18. The van der Waals surface area contributed by atoms with Gasteiger partial charge >= 0.3 is 0 Å². The van der Waals surface area contributed by atoms with E-state index in [1.54, 1.807) is 7.05 Å². The summed E-state index contributed by atoms with van der Waals surface area (Å²) in [6, 6.07) is 7.98. The first kappa shape index (κ1) is 13.1. The molecule has 19 heavy (non-hydrogen) atoms. The van der Waals surface area contributed by atoms with Gasteiger partial charge in [0.1, 0.15) is 0 Å². The van der Waals surface area contributed by atoms with E-state index in [1.807, 2.05) is 30.5 Å². The van der Waals surface area contributed by atoms with Gasteiger partial charge in [-0.3, -0.25) is 9.59 Å². The second-order valence-corrected chi connectivity index (χ2v) is 4.31. The summed E-state index contributed by atoms with van der Waals surface area (Å²) >= 11 is 0. The molecule has 0 aliphatic rings. The summed E-state index contributed by atoms with van der Waals surface area (Å²) in [7, 11) is 1.54. The number of amides is 2. The van der Waals surface area contributed by atoms with Crippen LogP contribution in [0.15, 0.2) is 30.5 Å². The molecule has 2 aromatic rings. The molecule has 0 spiro atoms. The number of H-pyrrole nitrogens is 1. The Labute approximate surface area is 111 Å². The SMILES string of the molecule is CNC(=O)CNC(=O)CCc1c[nH]c2ccccc12. The lowest BCUT2D eigenvalue weighted by Crippen LogP contribution is -2.35. The predicted octanol–water partition coefficient (Wildman–Crippen LogP) is 0.963. The van der Waals surface area contributed by atoms with E-state index in [0.717, 1.165) is 16.5 Å². The molecule has 1 aromatic carbocycles. The molecule has 0 saturated carbocycles. The van der Waals surface area contributed by atoms with Gasteiger partial charge in [0.15, 0.2) is 0 Å².